The fraction of sp³-hybridized carbons (Fsp3) is 0. The number of furan rings is 1. The lowest BCUT2D eigenvalue weighted by Gasteiger charge is -2.07. The van der Waals surface area contributed by atoms with E-state index in [4.69, 9.17) is 26.0 Å². The van der Waals surface area contributed by atoms with Gasteiger partial charge in [0.1, 0.15) is 17.0 Å². The molecule has 6 aromatic rings. The number of benzene rings is 4. The largest absolute Gasteiger partial charge is 0.457 e. The van der Waals surface area contributed by atoms with Crippen molar-refractivity contribution in [3.8, 4) is 22.8 Å². The summed E-state index contributed by atoms with van der Waals surface area (Å²) in [4.78, 5) is 17.1. The maximum atomic E-state index is 12.4. The molecular formula is C31H20BrN3O3S. The molecule has 1 amide bonds. The number of fused-ring (bicyclic) bond motifs is 2. The van der Waals surface area contributed by atoms with Gasteiger partial charge in [0, 0.05) is 27.4 Å². The van der Waals surface area contributed by atoms with Gasteiger partial charge in [-0.1, -0.05) is 70.5 Å². The molecule has 0 bridgehead atoms. The lowest BCUT2D eigenvalue weighted by Crippen LogP contribution is -2.32. The van der Waals surface area contributed by atoms with Crippen molar-refractivity contribution in [2.75, 3.05) is 5.32 Å². The summed E-state index contributed by atoms with van der Waals surface area (Å²) in [7, 11) is 0. The molecule has 0 radical (unpaired) electrons. The lowest BCUT2D eigenvalue weighted by molar-refractivity contribution is -0.115. The van der Waals surface area contributed by atoms with E-state index >= 15 is 0 Å². The van der Waals surface area contributed by atoms with Crippen LogP contribution in [0.25, 0.3) is 50.7 Å². The molecule has 190 valence electrons. The monoisotopic (exact) mass is 593 g/mol. The number of carbonyl (C=O) groups excluding carboxylic acids is 1. The zero-order valence-electron chi connectivity index (χ0n) is 20.4. The Bertz CT molecular complexity index is 1870. The van der Waals surface area contributed by atoms with E-state index in [1.807, 2.05) is 84.9 Å². The number of hydrogen-bond donors (Lipinski definition) is 2. The second-order valence-corrected chi connectivity index (χ2v) is 9.95. The van der Waals surface area contributed by atoms with Crippen LogP contribution >= 0.6 is 28.1 Å². The standard InChI is InChI=1S/C31H20BrN3O3S/c32-25-11-5-8-22-23(25)9-4-10-24(22)30-34-26-18-20(12-15-28(26)38-30)33-31(39)35-29(36)17-14-21-13-16-27(37-21)19-6-2-1-3-7-19/h1-18H,(H2,33,35,36,39)/b17-14+. The minimum absolute atomic E-state index is 0.163. The van der Waals surface area contributed by atoms with Gasteiger partial charge in [-0.05, 0) is 71.5 Å². The van der Waals surface area contributed by atoms with Crippen molar-refractivity contribution in [1.29, 1.82) is 0 Å². The van der Waals surface area contributed by atoms with Gasteiger partial charge in [0.15, 0.2) is 10.7 Å². The Kier molecular flexibility index (Phi) is 6.79. The molecule has 8 heteroatoms. The molecular weight excluding hydrogens is 574 g/mol. The van der Waals surface area contributed by atoms with Crippen LogP contribution in [-0.4, -0.2) is 16.0 Å². The number of amides is 1. The molecule has 4 aromatic carbocycles. The normalized spacial score (nSPS) is 11.3. The molecule has 0 saturated carbocycles. The van der Waals surface area contributed by atoms with Gasteiger partial charge in [0.05, 0.1) is 0 Å². The average molecular weight is 594 g/mol. The average Bonchev–Trinajstić information content (AvgIpc) is 3.59. The molecule has 0 atom stereocenters. The second-order valence-electron chi connectivity index (χ2n) is 8.69. The van der Waals surface area contributed by atoms with Crippen molar-refractivity contribution >= 4 is 72.8 Å². The summed E-state index contributed by atoms with van der Waals surface area (Å²) < 4.78 is 12.9. The van der Waals surface area contributed by atoms with Crippen molar-refractivity contribution in [2.45, 2.75) is 0 Å². The number of oxazole rings is 1. The summed E-state index contributed by atoms with van der Waals surface area (Å²) in [6.07, 6.45) is 2.97. The fourth-order valence-corrected chi connectivity index (χ4v) is 4.97. The molecule has 0 aliphatic rings. The van der Waals surface area contributed by atoms with Crippen LogP contribution in [0.2, 0.25) is 0 Å². The van der Waals surface area contributed by atoms with Crippen LogP contribution < -0.4 is 10.6 Å². The Labute approximate surface area is 237 Å². The summed E-state index contributed by atoms with van der Waals surface area (Å²) in [5, 5.41) is 7.96. The number of aromatic nitrogens is 1. The Balaban J connectivity index is 1.13. The van der Waals surface area contributed by atoms with E-state index < -0.39 is 0 Å². The molecule has 0 saturated heterocycles. The quantitative estimate of drug-likeness (QED) is 0.155. The molecule has 0 aliphatic carbocycles. The first-order valence-electron chi connectivity index (χ1n) is 12.1. The van der Waals surface area contributed by atoms with Crippen LogP contribution in [0, 0.1) is 0 Å². The van der Waals surface area contributed by atoms with Crippen molar-refractivity contribution < 1.29 is 13.6 Å². The first-order valence-corrected chi connectivity index (χ1v) is 13.3. The number of hydrogen-bond acceptors (Lipinski definition) is 5. The smallest absolute Gasteiger partial charge is 0.250 e. The lowest BCUT2D eigenvalue weighted by atomic mass is 10.0. The van der Waals surface area contributed by atoms with E-state index in [2.05, 4.69) is 32.6 Å². The van der Waals surface area contributed by atoms with E-state index in [0.29, 0.717) is 28.4 Å². The van der Waals surface area contributed by atoms with Crippen molar-refractivity contribution in [1.82, 2.24) is 10.3 Å². The van der Waals surface area contributed by atoms with Gasteiger partial charge in [0.2, 0.25) is 11.8 Å². The highest BCUT2D eigenvalue weighted by Crippen LogP contribution is 2.34. The molecule has 0 aliphatic heterocycles. The number of nitrogens with zero attached hydrogens (tertiary/aromatic N) is 1. The molecule has 0 spiro atoms. The number of carbonyl (C=O) groups is 1. The van der Waals surface area contributed by atoms with Crippen molar-refractivity contribution in [2.24, 2.45) is 0 Å². The van der Waals surface area contributed by atoms with Crippen molar-refractivity contribution in [3.05, 3.63) is 113 Å². The number of anilines is 1. The zero-order valence-corrected chi connectivity index (χ0v) is 22.8. The Morgan fingerprint density at radius 3 is 2.56 bits per heavy atom. The molecule has 2 aromatic heterocycles. The number of nitrogens with one attached hydrogen (secondary N) is 2. The van der Waals surface area contributed by atoms with Crippen LogP contribution in [-0.2, 0) is 4.79 Å². The highest BCUT2D eigenvalue weighted by molar-refractivity contribution is 9.10. The molecule has 0 fully saturated rings. The Hall–Kier alpha value is -4.53. The van der Waals surface area contributed by atoms with Gasteiger partial charge in [-0.3, -0.25) is 10.1 Å². The van der Waals surface area contributed by atoms with Gasteiger partial charge >= 0.3 is 0 Å². The van der Waals surface area contributed by atoms with E-state index in [1.165, 1.54) is 6.08 Å². The van der Waals surface area contributed by atoms with Crippen molar-refractivity contribution in [3.63, 3.8) is 0 Å². The molecule has 2 N–H and O–H groups in total. The van der Waals surface area contributed by atoms with Crippen LogP contribution in [0.15, 0.2) is 116 Å². The summed E-state index contributed by atoms with van der Waals surface area (Å²) in [5.74, 6) is 1.44. The zero-order chi connectivity index (χ0) is 26.8. The summed E-state index contributed by atoms with van der Waals surface area (Å²) in [6.45, 7) is 0. The molecule has 39 heavy (non-hydrogen) atoms. The summed E-state index contributed by atoms with van der Waals surface area (Å²) in [5.41, 5.74) is 3.86. The Morgan fingerprint density at radius 2 is 1.69 bits per heavy atom. The molecule has 6 nitrogen and oxygen atoms in total. The van der Waals surface area contributed by atoms with Crippen LogP contribution in [0.5, 0.6) is 0 Å². The van der Waals surface area contributed by atoms with Gasteiger partial charge in [0.25, 0.3) is 0 Å². The molecule has 6 rings (SSSR count). The van der Waals surface area contributed by atoms with E-state index in [1.54, 1.807) is 12.1 Å². The van der Waals surface area contributed by atoms with Gasteiger partial charge in [-0.25, -0.2) is 4.98 Å². The van der Waals surface area contributed by atoms with E-state index in [-0.39, 0.29) is 11.0 Å². The second kappa shape index (κ2) is 10.7. The van der Waals surface area contributed by atoms with Crippen LogP contribution in [0.4, 0.5) is 5.69 Å². The van der Waals surface area contributed by atoms with Crippen LogP contribution in [0.1, 0.15) is 5.76 Å². The first kappa shape index (κ1) is 24.8. The minimum Gasteiger partial charge on any atom is -0.457 e. The van der Waals surface area contributed by atoms with E-state index in [9.17, 15) is 4.79 Å². The highest BCUT2D eigenvalue weighted by atomic mass is 79.9. The predicted molar refractivity (Wildman–Crippen MR) is 162 cm³/mol. The van der Waals surface area contributed by atoms with Gasteiger partial charge < -0.3 is 14.2 Å². The van der Waals surface area contributed by atoms with Crippen LogP contribution in [0.3, 0.4) is 0 Å². The maximum Gasteiger partial charge on any atom is 0.250 e. The fourth-order valence-electron chi connectivity index (χ4n) is 4.25. The van der Waals surface area contributed by atoms with Gasteiger partial charge in [-0.2, -0.15) is 0 Å². The number of halogens is 1. The molecule has 0 unspecified atom stereocenters. The first-order chi connectivity index (χ1) is 19.0. The molecule has 2 heterocycles. The topological polar surface area (TPSA) is 80.3 Å². The third kappa shape index (κ3) is 5.38. The highest BCUT2D eigenvalue weighted by Gasteiger charge is 2.13. The minimum atomic E-state index is -0.378. The SMILES string of the molecule is O=C(/C=C/c1ccc(-c2ccccc2)o1)NC(=S)Nc1ccc2oc(-c3cccc4c(Br)cccc34)nc2c1. The maximum absolute atomic E-state index is 12.4. The third-order valence-corrected chi connectivity index (χ3v) is 6.96. The summed E-state index contributed by atoms with van der Waals surface area (Å²) in [6, 6.07) is 30.9. The predicted octanol–water partition coefficient (Wildman–Crippen LogP) is 8.20. The third-order valence-electron chi connectivity index (χ3n) is 6.07. The number of rotatable bonds is 5. The number of thiocarbonyl (C=S) groups is 1. The summed E-state index contributed by atoms with van der Waals surface area (Å²) >= 11 is 8.94. The van der Waals surface area contributed by atoms with E-state index in [0.717, 1.165) is 32.1 Å². The Morgan fingerprint density at radius 1 is 0.872 bits per heavy atom. The van der Waals surface area contributed by atoms with Gasteiger partial charge in [-0.15, -0.1) is 0 Å².